The van der Waals surface area contributed by atoms with Crippen molar-refractivity contribution in [3.05, 3.63) is 12.3 Å². The molecule has 0 aromatic heterocycles. The zero-order valence-electron chi connectivity index (χ0n) is 8.52. The largest absolute Gasteiger partial charge is 0.266 e. The van der Waals surface area contributed by atoms with Crippen LogP contribution in [0.15, 0.2) is 17.3 Å². The Kier molecular flexibility index (Phi) is 14.4. The van der Waals surface area contributed by atoms with Gasteiger partial charge in [-0.1, -0.05) is 33.3 Å². The highest BCUT2D eigenvalue weighted by molar-refractivity contribution is 5.82. The Hall–Kier alpha value is -0.590. The van der Waals surface area contributed by atoms with E-state index in [9.17, 15) is 0 Å². The van der Waals surface area contributed by atoms with E-state index in [1.54, 1.807) is 0 Å². The quantitative estimate of drug-likeness (QED) is 0.550. The summed E-state index contributed by atoms with van der Waals surface area (Å²) < 4.78 is 0. The van der Waals surface area contributed by atoms with Gasteiger partial charge in [0.1, 0.15) is 0 Å². The topological polar surface area (TPSA) is 12.4 Å². The van der Waals surface area contributed by atoms with Crippen LogP contribution in [0.2, 0.25) is 0 Å². The first-order chi connectivity index (χ1) is 5.31. The van der Waals surface area contributed by atoms with Crippen molar-refractivity contribution in [2.75, 3.05) is 0 Å². The second kappa shape index (κ2) is 12.1. The van der Waals surface area contributed by atoms with Gasteiger partial charge in [0, 0.05) is 11.9 Å². The molecule has 0 aromatic rings. The van der Waals surface area contributed by atoms with Gasteiger partial charge >= 0.3 is 0 Å². The summed E-state index contributed by atoms with van der Waals surface area (Å²) in [6.45, 7) is 10.2. The molecule has 0 fully saturated rings. The minimum absolute atomic E-state index is 1.12. The van der Waals surface area contributed by atoms with Gasteiger partial charge in [0.15, 0.2) is 0 Å². The molecule has 0 N–H and O–H groups in total. The molecule has 0 saturated heterocycles. The van der Waals surface area contributed by atoms with Crippen LogP contribution in [-0.4, -0.2) is 5.71 Å². The van der Waals surface area contributed by atoms with E-state index in [2.05, 4.69) is 18.8 Å². The normalized spacial score (nSPS) is 11.2. The van der Waals surface area contributed by atoms with Gasteiger partial charge < -0.3 is 0 Å². The number of allylic oxidation sites excluding steroid dienone is 1. The first-order valence-electron chi connectivity index (χ1n) is 4.45. The first-order valence-corrected chi connectivity index (χ1v) is 4.45. The predicted molar refractivity (Wildman–Crippen MR) is 54.2 cm³/mol. The highest BCUT2D eigenvalue weighted by atomic mass is 14.7. The Bertz CT molecular complexity index is 112. The van der Waals surface area contributed by atoms with Gasteiger partial charge in [0.2, 0.25) is 0 Å². The fraction of sp³-hybridized carbons (Fsp3) is 0.700. The van der Waals surface area contributed by atoms with Crippen molar-refractivity contribution >= 4 is 5.71 Å². The van der Waals surface area contributed by atoms with Crippen LogP contribution in [0, 0.1) is 0 Å². The van der Waals surface area contributed by atoms with Gasteiger partial charge in [0.05, 0.1) is 0 Å². The average Bonchev–Trinajstić information content (AvgIpc) is 2.05. The molecular formula is C10H21N. The summed E-state index contributed by atoms with van der Waals surface area (Å²) >= 11 is 0. The Morgan fingerprint density at radius 3 is 2.27 bits per heavy atom. The first kappa shape index (κ1) is 13.0. The van der Waals surface area contributed by atoms with Gasteiger partial charge in [-0.25, -0.2) is 0 Å². The molecule has 0 radical (unpaired) electrons. The van der Waals surface area contributed by atoms with E-state index >= 15 is 0 Å². The minimum Gasteiger partial charge on any atom is -0.266 e. The van der Waals surface area contributed by atoms with Gasteiger partial charge in [-0.15, -0.1) is 0 Å². The van der Waals surface area contributed by atoms with Crippen molar-refractivity contribution in [3.8, 4) is 0 Å². The maximum Gasteiger partial charge on any atom is 0.0224 e. The molecule has 0 aliphatic rings. The fourth-order valence-electron chi connectivity index (χ4n) is 0.628. The fourth-order valence-corrected chi connectivity index (χ4v) is 0.628. The maximum atomic E-state index is 4.17. The Morgan fingerprint density at radius 2 is 1.91 bits per heavy atom. The monoisotopic (exact) mass is 155 g/mol. The Balaban J connectivity index is 0. The molecule has 1 nitrogen and oxygen atoms in total. The molecule has 0 heterocycles. The second-order valence-corrected chi connectivity index (χ2v) is 2.10. The van der Waals surface area contributed by atoms with Crippen LogP contribution >= 0.6 is 0 Å². The van der Waals surface area contributed by atoms with Gasteiger partial charge in [-0.05, 0) is 20.3 Å². The third-order valence-electron chi connectivity index (χ3n) is 1.06. The smallest absolute Gasteiger partial charge is 0.0224 e. The predicted octanol–water partition coefficient (Wildman–Crippen LogP) is 3.81. The molecule has 0 atom stereocenters. The van der Waals surface area contributed by atoms with E-state index in [0.29, 0.717) is 0 Å². The number of aliphatic imine (C=N–C) groups is 1. The lowest BCUT2D eigenvalue weighted by Crippen LogP contribution is -1.86. The molecule has 0 aliphatic carbocycles. The second-order valence-electron chi connectivity index (χ2n) is 2.10. The van der Waals surface area contributed by atoms with Crippen molar-refractivity contribution in [2.45, 2.75) is 47.5 Å². The van der Waals surface area contributed by atoms with E-state index < -0.39 is 0 Å². The van der Waals surface area contributed by atoms with Crippen LogP contribution in [-0.2, 0) is 0 Å². The van der Waals surface area contributed by atoms with Crippen LogP contribution in [0.1, 0.15) is 47.5 Å². The van der Waals surface area contributed by atoms with Crippen molar-refractivity contribution in [1.29, 1.82) is 0 Å². The van der Waals surface area contributed by atoms with Gasteiger partial charge in [-0.3, -0.25) is 4.99 Å². The Morgan fingerprint density at radius 1 is 1.36 bits per heavy atom. The molecule has 0 amide bonds. The molecule has 11 heavy (non-hydrogen) atoms. The van der Waals surface area contributed by atoms with Crippen LogP contribution in [0.25, 0.3) is 0 Å². The van der Waals surface area contributed by atoms with E-state index in [-0.39, 0.29) is 0 Å². The van der Waals surface area contributed by atoms with Crippen LogP contribution < -0.4 is 0 Å². The Labute approximate surface area is 71.2 Å². The molecule has 0 unspecified atom stereocenters. The molecule has 0 bridgehead atoms. The van der Waals surface area contributed by atoms with Crippen LogP contribution in [0.4, 0.5) is 0 Å². The molecule has 66 valence electrons. The minimum atomic E-state index is 1.12. The lowest BCUT2D eigenvalue weighted by Gasteiger charge is -1.91. The van der Waals surface area contributed by atoms with Crippen molar-refractivity contribution in [3.63, 3.8) is 0 Å². The standard InChI is InChI=1S/C8H15N.C2H6/c1-4-6-8(3)9-7-5-2;1-2/h5,7H,4,6H2,1-3H3;1-2H3/b7-5-,9-8?;. The number of nitrogens with zero attached hydrogens (tertiary/aromatic N) is 1. The van der Waals surface area contributed by atoms with Crippen molar-refractivity contribution < 1.29 is 0 Å². The third kappa shape index (κ3) is 12.6. The number of hydrogen-bond acceptors (Lipinski definition) is 1. The molecule has 0 aromatic carbocycles. The third-order valence-corrected chi connectivity index (χ3v) is 1.06. The highest BCUT2D eigenvalue weighted by Crippen LogP contribution is 1.91. The summed E-state index contributed by atoms with van der Waals surface area (Å²) in [4.78, 5) is 4.17. The average molecular weight is 155 g/mol. The zero-order valence-corrected chi connectivity index (χ0v) is 8.52. The summed E-state index contributed by atoms with van der Waals surface area (Å²) in [5.74, 6) is 0. The molecule has 0 saturated carbocycles. The summed E-state index contributed by atoms with van der Waals surface area (Å²) in [5, 5.41) is 0. The highest BCUT2D eigenvalue weighted by Gasteiger charge is 1.83. The molecule has 0 aliphatic heterocycles. The van der Waals surface area contributed by atoms with Crippen molar-refractivity contribution in [2.24, 2.45) is 4.99 Å². The summed E-state index contributed by atoms with van der Waals surface area (Å²) in [7, 11) is 0. The molecule has 0 rings (SSSR count). The maximum absolute atomic E-state index is 4.17. The summed E-state index contributed by atoms with van der Waals surface area (Å²) in [5.41, 5.74) is 1.22. The van der Waals surface area contributed by atoms with Gasteiger partial charge in [-0.2, -0.15) is 0 Å². The van der Waals surface area contributed by atoms with E-state index in [1.165, 1.54) is 12.1 Å². The lowest BCUT2D eigenvalue weighted by molar-refractivity contribution is 0.987. The van der Waals surface area contributed by atoms with Crippen molar-refractivity contribution in [1.82, 2.24) is 0 Å². The lowest BCUT2D eigenvalue weighted by atomic mass is 10.2. The zero-order chi connectivity index (χ0) is 9.11. The molecule has 0 spiro atoms. The number of hydrogen-bond donors (Lipinski definition) is 0. The molecular weight excluding hydrogens is 134 g/mol. The SMILES string of the molecule is C/C=C\N=C(C)CCC.CC. The van der Waals surface area contributed by atoms with E-state index in [0.717, 1.165) is 6.42 Å². The summed E-state index contributed by atoms with van der Waals surface area (Å²) in [6, 6.07) is 0. The van der Waals surface area contributed by atoms with E-state index in [4.69, 9.17) is 0 Å². The number of rotatable bonds is 3. The van der Waals surface area contributed by atoms with E-state index in [1.807, 2.05) is 33.0 Å². The van der Waals surface area contributed by atoms with Crippen LogP contribution in [0.3, 0.4) is 0 Å². The van der Waals surface area contributed by atoms with Gasteiger partial charge in [0.25, 0.3) is 0 Å². The summed E-state index contributed by atoms with van der Waals surface area (Å²) in [6.07, 6.45) is 6.08. The van der Waals surface area contributed by atoms with Crippen LogP contribution in [0.5, 0.6) is 0 Å². The molecule has 1 heteroatoms.